The number of nitrogens with zero attached hydrogens (tertiary/aromatic N) is 2. The van der Waals surface area contributed by atoms with Crippen molar-refractivity contribution in [2.75, 3.05) is 26.2 Å². The van der Waals surface area contributed by atoms with Gasteiger partial charge in [0.1, 0.15) is 0 Å². The van der Waals surface area contributed by atoms with Crippen molar-refractivity contribution >= 4 is 41.8 Å². The van der Waals surface area contributed by atoms with E-state index in [9.17, 15) is 9.59 Å². The first-order valence-corrected chi connectivity index (χ1v) is 11.1. The van der Waals surface area contributed by atoms with Gasteiger partial charge in [0.15, 0.2) is 5.96 Å². The molecule has 174 valence electrons. The second-order valence-corrected chi connectivity index (χ2v) is 7.67. The second kappa shape index (κ2) is 14.3. The van der Waals surface area contributed by atoms with Crippen molar-refractivity contribution in [2.24, 2.45) is 10.9 Å². The average Bonchev–Trinajstić information content (AvgIpc) is 2.77. The highest BCUT2D eigenvalue weighted by atomic mass is 127. The Labute approximate surface area is 203 Å². The van der Waals surface area contributed by atoms with Gasteiger partial charge in [-0.2, -0.15) is 0 Å². The molecule has 2 N–H and O–H groups in total. The second-order valence-electron chi connectivity index (χ2n) is 7.67. The van der Waals surface area contributed by atoms with Gasteiger partial charge in [-0.15, -0.1) is 24.0 Å². The summed E-state index contributed by atoms with van der Waals surface area (Å²) in [5.41, 5.74) is 1.65. The number of nitrogens with one attached hydrogen (secondary N) is 2. The number of rotatable bonds is 8. The van der Waals surface area contributed by atoms with Gasteiger partial charge in [0, 0.05) is 31.2 Å². The molecule has 1 aliphatic heterocycles. The Balaban J connectivity index is 0.00000480. The number of halogens is 1. The van der Waals surface area contributed by atoms with E-state index in [1.807, 2.05) is 52.0 Å². The molecule has 1 fully saturated rings. The summed E-state index contributed by atoms with van der Waals surface area (Å²) in [5, 5.41) is 6.34. The molecule has 8 heteroatoms. The molecule has 0 bridgehead atoms. The number of guanidine groups is 1. The first-order valence-electron chi connectivity index (χ1n) is 11.1. The Morgan fingerprint density at radius 2 is 1.94 bits per heavy atom. The van der Waals surface area contributed by atoms with Gasteiger partial charge in [0.2, 0.25) is 0 Å². The number of ether oxygens (including phenoxy) is 1. The summed E-state index contributed by atoms with van der Waals surface area (Å²) < 4.78 is 5.16. The molecule has 0 radical (unpaired) electrons. The van der Waals surface area contributed by atoms with E-state index < -0.39 is 0 Å². The van der Waals surface area contributed by atoms with Crippen LogP contribution in [-0.4, -0.2) is 55.0 Å². The number of likely N-dealkylation sites (tertiary alicyclic amines) is 1. The Morgan fingerprint density at radius 1 is 1.23 bits per heavy atom. The van der Waals surface area contributed by atoms with E-state index in [0.29, 0.717) is 18.7 Å². The molecule has 0 spiro atoms. The minimum absolute atomic E-state index is 0. The van der Waals surface area contributed by atoms with Crippen LogP contribution in [0.1, 0.15) is 62.9 Å². The number of benzene rings is 1. The van der Waals surface area contributed by atoms with E-state index in [2.05, 4.69) is 15.5 Å². The molecule has 1 heterocycles. The van der Waals surface area contributed by atoms with Gasteiger partial charge in [0.25, 0.3) is 5.91 Å². The number of piperidine rings is 1. The fourth-order valence-electron chi connectivity index (χ4n) is 3.40. The maximum absolute atomic E-state index is 12.4. The lowest BCUT2D eigenvalue weighted by atomic mass is 9.97. The predicted octanol–water partition coefficient (Wildman–Crippen LogP) is 3.57. The Hall–Kier alpha value is -1.84. The number of carbonyl (C=O) groups is 2. The molecule has 1 aromatic carbocycles. The Kier molecular flexibility index (Phi) is 12.5. The van der Waals surface area contributed by atoms with Gasteiger partial charge in [-0.05, 0) is 57.7 Å². The molecule has 0 aromatic heterocycles. The van der Waals surface area contributed by atoms with Crippen LogP contribution in [0, 0.1) is 5.92 Å². The highest BCUT2D eigenvalue weighted by molar-refractivity contribution is 14.0. The first kappa shape index (κ1) is 27.2. The van der Waals surface area contributed by atoms with E-state index in [1.165, 1.54) is 0 Å². The normalized spacial score (nSPS) is 15.6. The smallest absolute Gasteiger partial charge is 0.309 e. The molecule has 1 aromatic rings. The number of hydrogen-bond acceptors (Lipinski definition) is 4. The van der Waals surface area contributed by atoms with E-state index in [-0.39, 0.29) is 47.8 Å². The van der Waals surface area contributed by atoms with E-state index in [0.717, 1.165) is 50.4 Å². The van der Waals surface area contributed by atoms with Crippen molar-refractivity contribution in [3.8, 4) is 0 Å². The highest BCUT2D eigenvalue weighted by Crippen LogP contribution is 2.19. The third-order valence-electron chi connectivity index (χ3n) is 5.34. The van der Waals surface area contributed by atoms with Gasteiger partial charge in [-0.1, -0.05) is 19.1 Å². The molecular weight excluding hydrogens is 507 g/mol. The molecule has 2 rings (SSSR count). The van der Waals surface area contributed by atoms with Crippen molar-refractivity contribution < 1.29 is 14.3 Å². The summed E-state index contributed by atoms with van der Waals surface area (Å²) in [7, 11) is 0. The molecule has 1 atom stereocenters. The summed E-state index contributed by atoms with van der Waals surface area (Å²) in [5.74, 6) is 0.675. The number of hydrogen-bond donors (Lipinski definition) is 2. The molecule has 7 nitrogen and oxygen atoms in total. The maximum Gasteiger partial charge on any atom is 0.309 e. The lowest BCUT2D eigenvalue weighted by Crippen LogP contribution is -2.46. The molecule has 1 saturated heterocycles. The SMILES string of the molecule is CCNC(=NCc1cccc(C(=O)NC(C)CC)c1)N1CCC(C(=O)OCC)CC1.I. The molecule has 1 amide bonds. The van der Waals surface area contributed by atoms with Gasteiger partial charge in [-0.3, -0.25) is 9.59 Å². The van der Waals surface area contributed by atoms with Crippen molar-refractivity contribution in [2.45, 2.75) is 59.5 Å². The van der Waals surface area contributed by atoms with Gasteiger partial charge >= 0.3 is 5.97 Å². The average molecular weight is 544 g/mol. The van der Waals surface area contributed by atoms with Crippen LogP contribution in [0.15, 0.2) is 29.3 Å². The Bertz CT molecular complexity index is 733. The van der Waals surface area contributed by atoms with Crippen molar-refractivity contribution in [3.05, 3.63) is 35.4 Å². The largest absolute Gasteiger partial charge is 0.466 e. The summed E-state index contributed by atoms with van der Waals surface area (Å²) in [6.07, 6.45) is 2.44. The van der Waals surface area contributed by atoms with Crippen molar-refractivity contribution in [1.29, 1.82) is 0 Å². The predicted molar refractivity (Wildman–Crippen MR) is 135 cm³/mol. The van der Waals surface area contributed by atoms with Crippen molar-refractivity contribution in [3.63, 3.8) is 0 Å². The van der Waals surface area contributed by atoms with Crippen LogP contribution in [0.2, 0.25) is 0 Å². The van der Waals surface area contributed by atoms with Gasteiger partial charge < -0.3 is 20.3 Å². The first-order chi connectivity index (χ1) is 14.5. The lowest BCUT2D eigenvalue weighted by molar-refractivity contribution is -0.149. The summed E-state index contributed by atoms with van der Waals surface area (Å²) in [4.78, 5) is 31.3. The van der Waals surface area contributed by atoms with Crippen LogP contribution in [-0.2, 0) is 16.1 Å². The van der Waals surface area contributed by atoms with E-state index in [4.69, 9.17) is 9.73 Å². The van der Waals surface area contributed by atoms with Gasteiger partial charge in [0.05, 0.1) is 19.1 Å². The summed E-state index contributed by atoms with van der Waals surface area (Å²) >= 11 is 0. The highest BCUT2D eigenvalue weighted by Gasteiger charge is 2.27. The van der Waals surface area contributed by atoms with E-state index in [1.54, 1.807) is 0 Å². The number of esters is 1. The minimum Gasteiger partial charge on any atom is -0.466 e. The third kappa shape index (κ3) is 8.66. The van der Waals surface area contributed by atoms with Crippen LogP contribution >= 0.6 is 24.0 Å². The standard InChI is InChI=1S/C23H36N4O3.HI/c1-5-17(4)26-21(28)20-10-8-9-18(15-20)16-25-23(24-6-2)27-13-11-19(12-14-27)22(29)30-7-3;/h8-10,15,17,19H,5-7,11-14,16H2,1-4H3,(H,24,25)(H,26,28);1H. The molecular formula is C23H37IN4O3. The zero-order chi connectivity index (χ0) is 21.9. The molecule has 1 aliphatic rings. The molecule has 0 saturated carbocycles. The molecule has 1 unspecified atom stereocenters. The van der Waals surface area contributed by atoms with Gasteiger partial charge in [-0.25, -0.2) is 4.99 Å². The monoisotopic (exact) mass is 544 g/mol. The fraction of sp³-hybridized carbons (Fsp3) is 0.609. The lowest BCUT2D eigenvalue weighted by Gasteiger charge is -2.33. The zero-order valence-electron chi connectivity index (χ0n) is 19.1. The minimum atomic E-state index is -0.0911. The number of aliphatic imine (C=N–C) groups is 1. The maximum atomic E-state index is 12.4. The zero-order valence-corrected chi connectivity index (χ0v) is 21.5. The van der Waals surface area contributed by atoms with Crippen LogP contribution in [0.4, 0.5) is 0 Å². The Morgan fingerprint density at radius 3 is 2.55 bits per heavy atom. The van der Waals surface area contributed by atoms with E-state index >= 15 is 0 Å². The van der Waals surface area contributed by atoms with Crippen LogP contribution in [0.3, 0.4) is 0 Å². The van der Waals surface area contributed by atoms with Crippen LogP contribution < -0.4 is 10.6 Å². The number of amides is 1. The summed E-state index contributed by atoms with van der Waals surface area (Å²) in [6.45, 7) is 11.2. The third-order valence-corrected chi connectivity index (χ3v) is 5.34. The quantitative estimate of drug-likeness (QED) is 0.226. The topological polar surface area (TPSA) is 83.0 Å². The summed E-state index contributed by atoms with van der Waals surface area (Å²) in [6, 6.07) is 7.76. The fourth-order valence-corrected chi connectivity index (χ4v) is 3.40. The molecule has 0 aliphatic carbocycles. The molecule has 31 heavy (non-hydrogen) atoms. The van der Waals surface area contributed by atoms with Crippen molar-refractivity contribution in [1.82, 2.24) is 15.5 Å². The van der Waals surface area contributed by atoms with Crippen LogP contribution in [0.25, 0.3) is 0 Å². The van der Waals surface area contributed by atoms with Crippen LogP contribution in [0.5, 0.6) is 0 Å². The number of carbonyl (C=O) groups excluding carboxylic acids is 2.